The third-order valence-electron chi connectivity index (χ3n) is 9.06. The molecule has 0 aromatic heterocycles. The predicted molar refractivity (Wildman–Crippen MR) is 205 cm³/mol. The number of ether oxygens (including phenoxy) is 6. The summed E-state index contributed by atoms with van der Waals surface area (Å²) in [5.41, 5.74) is 6.44. The van der Waals surface area contributed by atoms with E-state index in [4.69, 9.17) is 28.4 Å². The van der Waals surface area contributed by atoms with Gasteiger partial charge in [-0.15, -0.1) is 0 Å². The summed E-state index contributed by atoms with van der Waals surface area (Å²) >= 11 is 0. The van der Waals surface area contributed by atoms with E-state index in [1.54, 1.807) is 42.3 Å². The number of carbonyl (C=O) groups excluding carboxylic acids is 3. The lowest BCUT2D eigenvalue weighted by Gasteiger charge is -2.25. The van der Waals surface area contributed by atoms with Crippen LogP contribution in [-0.4, -0.2) is 94.5 Å². The van der Waals surface area contributed by atoms with Crippen LogP contribution in [0.3, 0.4) is 0 Å². The first kappa shape index (κ1) is 42.1. The Morgan fingerprint density at radius 3 is 1.19 bits per heavy atom. The Kier molecular flexibility index (Phi) is 14.9. The minimum Gasteiger partial charge on any atom is -0.483 e. The lowest BCUT2D eigenvalue weighted by atomic mass is 9.84. The SMILES string of the molecule is CCc1cc2c(OCC(=O)N(C)C)c(c1)COCc1cc(C(C)(C)C)cc(c1OCC(=O)N(C)C)COCc1cccc(c1OCC(=O)N(C)C)COC2. The van der Waals surface area contributed by atoms with Crippen LogP contribution < -0.4 is 14.2 Å². The summed E-state index contributed by atoms with van der Waals surface area (Å²) in [6.07, 6.45) is 0.756. The molecule has 1 aliphatic rings. The normalized spacial score (nSPS) is 13.6. The summed E-state index contributed by atoms with van der Waals surface area (Å²) in [4.78, 5) is 42.5. The molecule has 0 atom stereocenters. The molecule has 0 aliphatic carbocycles. The molecule has 0 spiro atoms. The molecule has 0 saturated heterocycles. The number of nitrogens with zero attached hydrogens (tertiary/aromatic N) is 3. The second kappa shape index (κ2) is 19.1. The first-order chi connectivity index (χ1) is 25.6. The molecule has 54 heavy (non-hydrogen) atoms. The molecular weight excluding hydrogens is 690 g/mol. The fraction of sp³-hybridized carbons (Fsp3) is 0.500. The van der Waals surface area contributed by atoms with Crippen molar-refractivity contribution in [2.45, 2.75) is 79.2 Å². The number of para-hydroxylation sites is 1. The van der Waals surface area contributed by atoms with Crippen molar-refractivity contribution in [1.82, 2.24) is 14.7 Å². The third kappa shape index (κ3) is 11.4. The number of fused-ring (bicyclic) bond motifs is 6. The molecule has 0 N–H and O–H groups in total. The molecule has 0 radical (unpaired) electrons. The first-order valence-corrected chi connectivity index (χ1v) is 18.2. The second-order valence-electron chi connectivity index (χ2n) is 15.1. The number of aryl methyl sites for hydroxylation is 1. The van der Waals surface area contributed by atoms with E-state index >= 15 is 0 Å². The van der Waals surface area contributed by atoms with Crippen LogP contribution in [0.2, 0.25) is 0 Å². The van der Waals surface area contributed by atoms with Crippen LogP contribution in [0.25, 0.3) is 0 Å². The van der Waals surface area contributed by atoms with Crippen LogP contribution in [0.4, 0.5) is 0 Å². The van der Waals surface area contributed by atoms with Crippen molar-refractivity contribution in [3.63, 3.8) is 0 Å². The van der Waals surface area contributed by atoms with Crippen molar-refractivity contribution in [1.29, 1.82) is 0 Å². The van der Waals surface area contributed by atoms with Gasteiger partial charge in [0.05, 0.1) is 39.6 Å². The van der Waals surface area contributed by atoms with Crippen molar-refractivity contribution in [2.75, 3.05) is 62.1 Å². The van der Waals surface area contributed by atoms with E-state index < -0.39 is 0 Å². The fourth-order valence-corrected chi connectivity index (χ4v) is 5.67. The largest absolute Gasteiger partial charge is 0.483 e. The molecule has 4 rings (SSSR count). The summed E-state index contributed by atoms with van der Waals surface area (Å²) in [6.45, 7) is 9.02. The van der Waals surface area contributed by atoms with E-state index in [1.165, 1.54) is 14.7 Å². The number of hydrogen-bond acceptors (Lipinski definition) is 9. The molecule has 0 fully saturated rings. The second-order valence-corrected chi connectivity index (χ2v) is 15.1. The average molecular weight is 748 g/mol. The molecule has 3 aromatic rings. The van der Waals surface area contributed by atoms with E-state index in [0.29, 0.717) is 17.2 Å². The van der Waals surface area contributed by atoms with Crippen molar-refractivity contribution >= 4 is 17.7 Å². The maximum Gasteiger partial charge on any atom is 0.259 e. The summed E-state index contributed by atoms with van der Waals surface area (Å²) in [6, 6.07) is 13.9. The zero-order valence-corrected chi connectivity index (χ0v) is 33.6. The first-order valence-electron chi connectivity index (χ1n) is 18.2. The van der Waals surface area contributed by atoms with Gasteiger partial charge in [0.1, 0.15) is 17.2 Å². The van der Waals surface area contributed by atoms with Crippen molar-refractivity contribution in [3.05, 3.63) is 87.0 Å². The molecule has 1 heterocycles. The minimum atomic E-state index is -0.225. The van der Waals surface area contributed by atoms with Gasteiger partial charge in [0.15, 0.2) is 19.8 Å². The number of carbonyl (C=O) groups is 3. The highest BCUT2D eigenvalue weighted by molar-refractivity contribution is 5.78. The molecule has 3 aromatic carbocycles. The molecule has 294 valence electrons. The summed E-state index contributed by atoms with van der Waals surface area (Å²) < 4.78 is 37.9. The van der Waals surface area contributed by atoms with E-state index in [2.05, 4.69) is 39.8 Å². The van der Waals surface area contributed by atoms with Gasteiger partial charge in [-0.3, -0.25) is 14.4 Å². The highest BCUT2D eigenvalue weighted by Gasteiger charge is 2.23. The molecule has 1 aliphatic heterocycles. The highest BCUT2D eigenvalue weighted by atomic mass is 16.5. The highest BCUT2D eigenvalue weighted by Crippen LogP contribution is 2.36. The Hall–Kier alpha value is -4.65. The third-order valence-corrected chi connectivity index (χ3v) is 9.06. The van der Waals surface area contributed by atoms with Gasteiger partial charge in [-0.25, -0.2) is 0 Å². The number of benzene rings is 3. The lowest BCUT2D eigenvalue weighted by molar-refractivity contribution is -0.131. The van der Waals surface area contributed by atoms with Crippen LogP contribution in [0.15, 0.2) is 42.5 Å². The van der Waals surface area contributed by atoms with E-state index in [0.717, 1.165) is 50.9 Å². The van der Waals surface area contributed by atoms with Crippen molar-refractivity contribution in [3.8, 4) is 17.2 Å². The van der Waals surface area contributed by atoms with Crippen LogP contribution >= 0.6 is 0 Å². The van der Waals surface area contributed by atoms with Gasteiger partial charge >= 0.3 is 0 Å². The Balaban J connectivity index is 1.87. The van der Waals surface area contributed by atoms with Gasteiger partial charge in [-0.1, -0.05) is 45.9 Å². The number of amides is 3. The van der Waals surface area contributed by atoms with E-state index in [9.17, 15) is 14.4 Å². The summed E-state index contributed by atoms with van der Waals surface area (Å²) in [7, 11) is 10.1. The number of rotatable bonds is 10. The molecule has 3 amide bonds. The van der Waals surface area contributed by atoms with Gasteiger partial charge in [0, 0.05) is 75.7 Å². The minimum absolute atomic E-state index is 0.159. The molecule has 6 bridgehead atoms. The summed E-state index contributed by atoms with van der Waals surface area (Å²) in [5.74, 6) is 0.996. The lowest BCUT2D eigenvalue weighted by Crippen LogP contribution is -2.28. The van der Waals surface area contributed by atoms with Crippen LogP contribution in [-0.2, 0) is 80.1 Å². The molecule has 0 unspecified atom stereocenters. The topological polar surface area (TPSA) is 116 Å². The predicted octanol–water partition coefficient (Wildman–Crippen LogP) is 5.41. The van der Waals surface area contributed by atoms with Crippen LogP contribution in [0.5, 0.6) is 17.2 Å². The van der Waals surface area contributed by atoms with Crippen molar-refractivity contribution < 1.29 is 42.8 Å². The monoisotopic (exact) mass is 747 g/mol. The number of hydrogen-bond donors (Lipinski definition) is 0. The zero-order valence-electron chi connectivity index (χ0n) is 33.6. The van der Waals surface area contributed by atoms with Gasteiger partial charge in [-0.2, -0.15) is 0 Å². The fourth-order valence-electron chi connectivity index (χ4n) is 5.67. The Bertz CT molecular complexity index is 1780. The van der Waals surface area contributed by atoms with E-state index in [-0.39, 0.29) is 82.6 Å². The molecule has 0 saturated carbocycles. The summed E-state index contributed by atoms with van der Waals surface area (Å²) in [5, 5.41) is 0. The Morgan fingerprint density at radius 2 is 0.870 bits per heavy atom. The van der Waals surface area contributed by atoms with Gasteiger partial charge < -0.3 is 43.1 Å². The molecule has 12 nitrogen and oxygen atoms in total. The number of likely N-dealkylation sites (N-methyl/N-ethyl adjacent to an activating group) is 3. The quantitative estimate of drug-likeness (QED) is 0.269. The maximum atomic E-state index is 12.7. The average Bonchev–Trinajstić information content (AvgIpc) is 3.11. The van der Waals surface area contributed by atoms with Gasteiger partial charge in [-0.05, 0) is 47.2 Å². The van der Waals surface area contributed by atoms with Crippen molar-refractivity contribution in [2.24, 2.45) is 0 Å². The maximum absolute atomic E-state index is 12.7. The van der Waals surface area contributed by atoms with Crippen LogP contribution in [0, 0.1) is 0 Å². The van der Waals surface area contributed by atoms with Crippen LogP contribution in [0.1, 0.15) is 72.2 Å². The molecular formula is C42H57N3O9. The Morgan fingerprint density at radius 1 is 0.556 bits per heavy atom. The van der Waals surface area contributed by atoms with Gasteiger partial charge in [0.25, 0.3) is 17.7 Å². The standard InChI is InChI=1S/C42H57N3O9/c1-11-28-15-31-21-49-19-29-13-12-14-30(39(29)52-25-36(46)43(5)6)20-50-23-33-17-35(42(2,3)4)18-34(41(33)54-27-38(48)45(9)10)24-51-22-32(16-28)40(31)53-26-37(47)44(7)8/h12-18H,11,19-27H2,1-10H3. The van der Waals surface area contributed by atoms with Gasteiger partial charge in [0.2, 0.25) is 0 Å². The molecule has 12 heteroatoms. The smallest absolute Gasteiger partial charge is 0.259 e. The van der Waals surface area contributed by atoms with E-state index in [1.807, 2.05) is 30.3 Å². The zero-order chi connectivity index (χ0) is 39.6. The Labute approximate surface area is 320 Å².